The van der Waals surface area contributed by atoms with Crippen molar-refractivity contribution in [1.82, 2.24) is 20.2 Å². The van der Waals surface area contributed by atoms with Crippen LogP contribution in [0.3, 0.4) is 0 Å². The van der Waals surface area contributed by atoms with E-state index in [1.165, 1.54) is 0 Å². The second-order valence-electron chi connectivity index (χ2n) is 4.58. The van der Waals surface area contributed by atoms with E-state index in [1.54, 1.807) is 10.8 Å². The van der Waals surface area contributed by atoms with E-state index in [9.17, 15) is 0 Å². The van der Waals surface area contributed by atoms with Gasteiger partial charge in [-0.1, -0.05) is 27.1 Å². The Morgan fingerprint density at radius 1 is 1.26 bits per heavy atom. The average molecular weight is 382 g/mol. The van der Waals surface area contributed by atoms with E-state index in [-0.39, 0.29) is 0 Å². The van der Waals surface area contributed by atoms with Gasteiger partial charge in [-0.3, -0.25) is 0 Å². The fraction of sp³-hybridized carbons (Fsp3) is 0.400. The highest BCUT2D eigenvalue weighted by molar-refractivity contribution is 9.10. The molecule has 1 heterocycles. The smallest absolute Gasteiger partial charge is 0.243 e. The fourth-order valence-corrected chi connectivity index (χ4v) is 2.46. The Balaban J connectivity index is 2.17. The van der Waals surface area contributed by atoms with Crippen LogP contribution in [0.5, 0.6) is 11.5 Å². The number of allylic oxidation sites excluding steroid dienone is 1. The van der Waals surface area contributed by atoms with E-state index in [0.717, 1.165) is 21.5 Å². The van der Waals surface area contributed by atoms with Crippen molar-refractivity contribution >= 4 is 21.9 Å². The molecule has 8 heteroatoms. The Morgan fingerprint density at radius 3 is 2.61 bits per heavy atom. The minimum atomic E-state index is 0.546. The molecule has 0 unspecified atom stereocenters. The lowest BCUT2D eigenvalue weighted by molar-refractivity contribution is 0.287. The summed E-state index contributed by atoms with van der Waals surface area (Å²) >= 11 is 3.57. The summed E-state index contributed by atoms with van der Waals surface area (Å²) < 4.78 is 13.8. The predicted molar refractivity (Wildman–Crippen MR) is 91.8 cm³/mol. The largest absolute Gasteiger partial charge is 0.490 e. The van der Waals surface area contributed by atoms with Crippen molar-refractivity contribution in [3.05, 3.63) is 34.8 Å². The first-order valence-electron chi connectivity index (χ1n) is 7.38. The van der Waals surface area contributed by atoms with Crippen LogP contribution in [0.2, 0.25) is 0 Å². The van der Waals surface area contributed by atoms with Crippen molar-refractivity contribution in [1.29, 1.82) is 0 Å². The summed E-state index contributed by atoms with van der Waals surface area (Å²) in [7, 11) is 0. The maximum atomic E-state index is 5.65. The van der Waals surface area contributed by atoms with Gasteiger partial charge in [-0.15, -0.1) is 6.58 Å². The molecule has 0 saturated carbocycles. The molecular formula is C15H20BrN5O2. The molecule has 0 fully saturated rings. The van der Waals surface area contributed by atoms with Crippen LogP contribution in [-0.2, 0) is 13.1 Å². The number of aromatic nitrogens is 4. The van der Waals surface area contributed by atoms with E-state index in [0.29, 0.717) is 32.3 Å². The van der Waals surface area contributed by atoms with Gasteiger partial charge in [0.2, 0.25) is 5.95 Å². The zero-order valence-corrected chi connectivity index (χ0v) is 14.8. The standard InChI is InChI=1S/C15H20BrN5O2/c1-4-7-21-15(18-19-20-21)17-10-11-8-13(22-5-2)14(23-6-3)9-12(11)16/h4,8-9H,1,5-7,10H2,2-3H3,(H,17,18,20). The first-order valence-corrected chi connectivity index (χ1v) is 8.17. The average Bonchev–Trinajstić information content (AvgIpc) is 2.97. The molecule has 0 saturated heterocycles. The normalized spacial score (nSPS) is 10.4. The van der Waals surface area contributed by atoms with Crippen LogP contribution >= 0.6 is 15.9 Å². The van der Waals surface area contributed by atoms with Crippen molar-refractivity contribution in [2.24, 2.45) is 0 Å². The summed E-state index contributed by atoms with van der Waals surface area (Å²) in [6, 6.07) is 3.87. The Kier molecular flexibility index (Phi) is 6.40. The van der Waals surface area contributed by atoms with Crippen molar-refractivity contribution in [2.75, 3.05) is 18.5 Å². The van der Waals surface area contributed by atoms with Gasteiger partial charge in [0, 0.05) is 11.0 Å². The van der Waals surface area contributed by atoms with Gasteiger partial charge in [0.25, 0.3) is 0 Å². The topological polar surface area (TPSA) is 74.1 Å². The molecule has 1 aromatic heterocycles. The number of hydrogen-bond donors (Lipinski definition) is 1. The molecular weight excluding hydrogens is 362 g/mol. The third-order valence-corrected chi connectivity index (χ3v) is 3.72. The Hall–Kier alpha value is -2.09. The molecule has 0 bridgehead atoms. The summed E-state index contributed by atoms with van der Waals surface area (Å²) in [5, 5.41) is 14.7. The Morgan fingerprint density at radius 2 is 1.96 bits per heavy atom. The molecule has 0 aliphatic rings. The molecule has 0 aliphatic carbocycles. The third kappa shape index (κ3) is 4.44. The molecule has 23 heavy (non-hydrogen) atoms. The molecule has 1 N–H and O–H groups in total. The van der Waals surface area contributed by atoms with E-state index < -0.39 is 0 Å². The van der Waals surface area contributed by atoms with Gasteiger partial charge < -0.3 is 14.8 Å². The van der Waals surface area contributed by atoms with Crippen molar-refractivity contribution < 1.29 is 9.47 Å². The highest BCUT2D eigenvalue weighted by Gasteiger charge is 2.12. The number of tetrazole rings is 1. The summed E-state index contributed by atoms with van der Waals surface area (Å²) in [6.07, 6.45) is 1.74. The first-order chi connectivity index (χ1) is 11.2. The van der Waals surface area contributed by atoms with Gasteiger partial charge in [0.15, 0.2) is 11.5 Å². The molecule has 7 nitrogen and oxygen atoms in total. The monoisotopic (exact) mass is 381 g/mol. The zero-order valence-electron chi connectivity index (χ0n) is 13.3. The molecule has 0 atom stereocenters. The second kappa shape index (κ2) is 8.52. The number of halogens is 1. The molecule has 0 spiro atoms. The minimum absolute atomic E-state index is 0.546. The van der Waals surface area contributed by atoms with Crippen molar-refractivity contribution in [3.63, 3.8) is 0 Å². The van der Waals surface area contributed by atoms with E-state index in [2.05, 4.69) is 43.4 Å². The number of benzene rings is 1. The SMILES string of the molecule is C=CCn1nnnc1NCc1cc(OCC)c(OCC)cc1Br. The lowest BCUT2D eigenvalue weighted by Gasteiger charge is -2.14. The van der Waals surface area contributed by atoms with Crippen LogP contribution < -0.4 is 14.8 Å². The summed E-state index contributed by atoms with van der Waals surface area (Å²) in [6.45, 7) is 9.82. The maximum absolute atomic E-state index is 5.65. The maximum Gasteiger partial charge on any atom is 0.243 e. The highest BCUT2D eigenvalue weighted by atomic mass is 79.9. The summed E-state index contributed by atoms with van der Waals surface area (Å²) in [5.41, 5.74) is 1.02. The van der Waals surface area contributed by atoms with Gasteiger partial charge in [0.1, 0.15) is 0 Å². The van der Waals surface area contributed by atoms with E-state index >= 15 is 0 Å². The third-order valence-electron chi connectivity index (χ3n) is 2.98. The minimum Gasteiger partial charge on any atom is -0.490 e. The van der Waals surface area contributed by atoms with Crippen LogP contribution in [0, 0.1) is 0 Å². The molecule has 1 aromatic carbocycles. The Bertz CT molecular complexity index is 659. The Labute approximate surface area is 143 Å². The molecule has 0 radical (unpaired) electrons. The number of nitrogens with one attached hydrogen (secondary N) is 1. The first kappa shape index (κ1) is 17.3. The predicted octanol–water partition coefficient (Wildman–Crippen LogP) is 3.03. The summed E-state index contributed by atoms with van der Waals surface area (Å²) in [4.78, 5) is 0. The number of nitrogens with zero attached hydrogens (tertiary/aromatic N) is 4. The lowest BCUT2D eigenvalue weighted by Crippen LogP contribution is -2.09. The van der Waals surface area contributed by atoms with Gasteiger partial charge in [-0.2, -0.15) is 0 Å². The highest BCUT2D eigenvalue weighted by Crippen LogP contribution is 2.34. The lowest BCUT2D eigenvalue weighted by atomic mass is 10.2. The van der Waals surface area contributed by atoms with Crippen LogP contribution in [-0.4, -0.2) is 33.4 Å². The molecule has 2 aromatic rings. The molecule has 0 amide bonds. The van der Waals surface area contributed by atoms with E-state index in [4.69, 9.17) is 9.47 Å². The van der Waals surface area contributed by atoms with Gasteiger partial charge >= 0.3 is 0 Å². The van der Waals surface area contributed by atoms with Crippen LogP contribution in [0.1, 0.15) is 19.4 Å². The van der Waals surface area contributed by atoms with Crippen molar-refractivity contribution in [3.8, 4) is 11.5 Å². The van der Waals surface area contributed by atoms with Crippen molar-refractivity contribution in [2.45, 2.75) is 26.9 Å². The summed E-state index contributed by atoms with van der Waals surface area (Å²) in [5.74, 6) is 2.03. The second-order valence-corrected chi connectivity index (χ2v) is 5.44. The molecule has 0 aliphatic heterocycles. The molecule has 2 rings (SSSR count). The molecule has 124 valence electrons. The number of rotatable bonds is 9. The van der Waals surface area contributed by atoms with E-state index in [1.807, 2.05) is 26.0 Å². The number of anilines is 1. The van der Waals surface area contributed by atoms with Gasteiger partial charge in [-0.05, 0) is 42.0 Å². The number of hydrogen-bond acceptors (Lipinski definition) is 6. The van der Waals surface area contributed by atoms with Crippen LogP contribution in [0.4, 0.5) is 5.95 Å². The van der Waals surface area contributed by atoms with Crippen LogP contribution in [0.15, 0.2) is 29.3 Å². The number of ether oxygens (including phenoxy) is 2. The zero-order chi connectivity index (χ0) is 16.7. The fourth-order valence-electron chi connectivity index (χ4n) is 2.00. The van der Waals surface area contributed by atoms with Gasteiger partial charge in [0.05, 0.1) is 19.8 Å². The van der Waals surface area contributed by atoms with Gasteiger partial charge in [-0.25, -0.2) is 4.68 Å². The van der Waals surface area contributed by atoms with Crippen LogP contribution in [0.25, 0.3) is 0 Å². The quantitative estimate of drug-likeness (QED) is 0.672.